The van der Waals surface area contributed by atoms with Crippen molar-refractivity contribution in [2.75, 3.05) is 11.5 Å². The molecule has 0 radical (unpaired) electrons. The lowest BCUT2D eigenvalue weighted by molar-refractivity contribution is -0.385. The molecule has 0 saturated heterocycles. The van der Waals surface area contributed by atoms with Crippen molar-refractivity contribution in [3.05, 3.63) is 33.5 Å². The maximum absolute atomic E-state index is 10.7. The first-order valence-electron chi connectivity index (χ1n) is 4.84. The van der Waals surface area contributed by atoms with Crippen molar-refractivity contribution in [1.82, 2.24) is 15.0 Å². The zero-order valence-corrected chi connectivity index (χ0v) is 10.9. The molecule has 10 heteroatoms. The molecule has 0 amide bonds. The predicted molar refractivity (Wildman–Crippen MR) is 70.9 cm³/mol. The van der Waals surface area contributed by atoms with Gasteiger partial charge in [-0.3, -0.25) is 10.1 Å². The van der Waals surface area contributed by atoms with Gasteiger partial charge in [-0.25, -0.2) is 15.0 Å². The van der Waals surface area contributed by atoms with Crippen LogP contribution in [0.2, 0.25) is 5.15 Å². The molecule has 0 unspecified atom stereocenters. The van der Waals surface area contributed by atoms with Gasteiger partial charge in [-0.15, -0.1) is 0 Å². The molecule has 0 spiro atoms. The Bertz CT molecular complexity index is 632. The molecule has 98 valence electrons. The molecule has 0 aromatic carbocycles. The summed E-state index contributed by atoms with van der Waals surface area (Å²) in [5, 5.41) is 11.2. The van der Waals surface area contributed by atoms with Gasteiger partial charge in [0.25, 0.3) is 5.69 Å². The van der Waals surface area contributed by atoms with E-state index in [0.717, 1.165) is 17.8 Å². The van der Waals surface area contributed by atoms with Crippen LogP contribution in [0, 0.1) is 10.1 Å². The predicted octanol–water partition coefficient (Wildman–Crippen LogP) is 1.75. The number of nitro groups is 1. The summed E-state index contributed by atoms with van der Waals surface area (Å²) >= 11 is 6.68. The van der Waals surface area contributed by atoms with Crippen LogP contribution < -0.4 is 11.5 Å². The molecule has 0 fully saturated rings. The Hall–Kier alpha value is -2.13. The van der Waals surface area contributed by atoms with E-state index in [1.165, 1.54) is 12.1 Å². The second-order valence-electron chi connectivity index (χ2n) is 3.35. The number of nitrogens with two attached hydrogens (primary N) is 2. The third-order valence-electron chi connectivity index (χ3n) is 1.91. The molecule has 0 bridgehead atoms. The topological polar surface area (TPSA) is 134 Å². The minimum absolute atomic E-state index is 0.00794. The molecule has 2 aromatic heterocycles. The fraction of sp³-hybridized carbons (Fsp3) is 0. The smallest absolute Gasteiger partial charge is 0.275 e. The summed E-state index contributed by atoms with van der Waals surface area (Å²) in [5.74, 6) is 0.401. The molecular weight excluding hydrogens is 292 g/mol. The highest BCUT2D eigenvalue weighted by atomic mass is 35.5. The van der Waals surface area contributed by atoms with Crippen LogP contribution in [0.4, 0.5) is 17.3 Å². The van der Waals surface area contributed by atoms with Gasteiger partial charge < -0.3 is 11.5 Å². The van der Waals surface area contributed by atoms with E-state index in [4.69, 9.17) is 23.1 Å². The molecular formula is C9H7ClN6O2S. The highest BCUT2D eigenvalue weighted by Crippen LogP contribution is 2.28. The summed E-state index contributed by atoms with van der Waals surface area (Å²) in [6, 6.07) is 3.82. The minimum atomic E-state index is -0.563. The third-order valence-corrected chi connectivity index (χ3v) is 2.88. The van der Waals surface area contributed by atoms with Gasteiger partial charge in [-0.2, -0.15) is 0 Å². The average molecular weight is 299 g/mol. The second-order valence-corrected chi connectivity index (χ2v) is 4.72. The quantitative estimate of drug-likeness (QED) is 0.379. The Morgan fingerprint density at radius 1 is 1.16 bits per heavy atom. The lowest BCUT2D eigenvalue weighted by Gasteiger charge is -2.02. The molecule has 0 aliphatic heterocycles. The van der Waals surface area contributed by atoms with Gasteiger partial charge in [0.15, 0.2) is 5.16 Å². The number of pyridine rings is 1. The minimum Gasteiger partial charge on any atom is -0.383 e. The Balaban J connectivity index is 2.35. The number of aromatic nitrogens is 3. The summed E-state index contributed by atoms with van der Waals surface area (Å²) in [5.41, 5.74) is 10.9. The van der Waals surface area contributed by atoms with Crippen LogP contribution in [0.25, 0.3) is 0 Å². The van der Waals surface area contributed by atoms with Crippen molar-refractivity contribution in [2.24, 2.45) is 0 Å². The standard InChI is InChI=1S/C9H7ClN6O2S/c10-5-1-4(16(17)18)2-8(13-5)19-9-14-6(11)3-7(12)15-9/h1-3H,(H4,11,12,14,15). The Kier molecular flexibility index (Phi) is 3.67. The second kappa shape index (κ2) is 5.24. The van der Waals surface area contributed by atoms with E-state index in [1.807, 2.05) is 0 Å². The summed E-state index contributed by atoms with van der Waals surface area (Å²) in [7, 11) is 0. The molecule has 0 saturated carbocycles. The van der Waals surface area contributed by atoms with Gasteiger partial charge in [-0.05, 0) is 11.8 Å². The van der Waals surface area contributed by atoms with Crippen molar-refractivity contribution in [3.63, 3.8) is 0 Å². The van der Waals surface area contributed by atoms with Crippen LogP contribution in [0.3, 0.4) is 0 Å². The molecule has 0 aliphatic rings. The Morgan fingerprint density at radius 2 is 1.79 bits per heavy atom. The monoisotopic (exact) mass is 298 g/mol. The van der Waals surface area contributed by atoms with Gasteiger partial charge >= 0.3 is 0 Å². The maximum atomic E-state index is 10.7. The first kappa shape index (κ1) is 13.3. The number of hydrogen-bond acceptors (Lipinski definition) is 8. The van der Waals surface area contributed by atoms with Crippen LogP contribution in [0.15, 0.2) is 28.4 Å². The molecule has 2 aromatic rings. The van der Waals surface area contributed by atoms with Crippen molar-refractivity contribution >= 4 is 40.7 Å². The zero-order chi connectivity index (χ0) is 14.0. The Morgan fingerprint density at radius 3 is 2.37 bits per heavy atom. The number of anilines is 2. The summed E-state index contributed by atoms with van der Waals surface area (Å²) in [6.07, 6.45) is 0. The summed E-state index contributed by atoms with van der Waals surface area (Å²) < 4.78 is 0. The van der Waals surface area contributed by atoms with E-state index in [-0.39, 0.29) is 32.7 Å². The number of nitrogens with zero attached hydrogens (tertiary/aromatic N) is 4. The van der Waals surface area contributed by atoms with Crippen molar-refractivity contribution in [2.45, 2.75) is 10.2 Å². The van der Waals surface area contributed by atoms with Crippen LogP contribution in [-0.2, 0) is 0 Å². The van der Waals surface area contributed by atoms with Crippen molar-refractivity contribution < 1.29 is 4.92 Å². The molecule has 8 nitrogen and oxygen atoms in total. The van der Waals surface area contributed by atoms with Gasteiger partial charge in [0.2, 0.25) is 0 Å². The van der Waals surface area contributed by atoms with E-state index in [2.05, 4.69) is 15.0 Å². The number of hydrogen-bond donors (Lipinski definition) is 2. The van der Waals surface area contributed by atoms with Crippen LogP contribution in [-0.4, -0.2) is 19.9 Å². The number of halogens is 1. The van der Waals surface area contributed by atoms with E-state index < -0.39 is 4.92 Å². The third kappa shape index (κ3) is 3.42. The van der Waals surface area contributed by atoms with Crippen LogP contribution >= 0.6 is 23.4 Å². The molecule has 0 aliphatic carbocycles. The summed E-state index contributed by atoms with van der Waals surface area (Å²) in [4.78, 5) is 21.9. The van der Waals surface area contributed by atoms with Crippen LogP contribution in [0.5, 0.6) is 0 Å². The maximum Gasteiger partial charge on any atom is 0.275 e. The zero-order valence-electron chi connectivity index (χ0n) is 9.28. The van der Waals surface area contributed by atoms with Gasteiger partial charge in [0.05, 0.1) is 11.0 Å². The normalized spacial score (nSPS) is 10.4. The van der Waals surface area contributed by atoms with Gasteiger partial charge in [0, 0.05) is 12.1 Å². The number of nitrogen functional groups attached to an aromatic ring is 2. The van der Waals surface area contributed by atoms with E-state index in [9.17, 15) is 10.1 Å². The van der Waals surface area contributed by atoms with E-state index >= 15 is 0 Å². The molecule has 19 heavy (non-hydrogen) atoms. The first-order valence-corrected chi connectivity index (χ1v) is 6.03. The van der Waals surface area contributed by atoms with Gasteiger partial charge in [-0.1, -0.05) is 11.6 Å². The lowest BCUT2D eigenvalue weighted by Crippen LogP contribution is -1.99. The highest BCUT2D eigenvalue weighted by Gasteiger charge is 2.12. The average Bonchev–Trinajstić information content (AvgIpc) is 2.26. The number of rotatable bonds is 3. The lowest BCUT2D eigenvalue weighted by atomic mass is 10.4. The molecule has 4 N–H and O–H groups in total. The highest BCUT2D eigenvalue weighted by molar-refractivity contribution is 7.99. The first-order chi connectivity index (χ1) is 8.94. The fourth-order valence-electron chi connectivity index (χ4n) is 1.22. The molecule has 2 rings (SSSR count). The summed E-state index contributed by atoms with van der Waals surface area (Å²) in [6.45, 7) is 0. The van der Waals surface area contributed by atoms with Crippen molar-refractivity contribution in [1.29, 1.82) is 0 Å². The van der Waals surface area contributed by atoms with Crippen LogP contribution in [0.1, 0.15) is 0 Å². The molecule has 2 heterocycles. The molecule has 0 atom stereocenters. The van der Waals surface area contributed by atoms with Gasteiger partial charge in [0.1, 0.15) is 21.8 Å². The van der Waals surface area contributed by atoms with Crippen molar-refractivity contribution in [3.8, 4) is 0 Å². The SMILES string of the molecule is Nc1cc(N)nc(Sc2cc([N+](=O)[O-])cc(Cl)n2)n1. The largest absolute Gasteiger partial charge is 0.383 e. The van der Waals surface area contributed by atoms with E-state index in [1.54, 1.807) is 0 Å². The Labute approximate surface area is 116 Å². The van der Waals surface area contributed by atoms with E-state index in [0.29, 0.717) is 0 Å². The fourth-order valence-corrected chi connectivity index (χ4v) is 2.28.